The largest absolute Gasteiger partial charge is 0.463 e. The number of urea groups is 1. The van der Waals surface area contributed by atoms with Gasteiger partial charge in [0.25, 0.3) is 0 Å². The summed E-state index contributed by atoms with van der Waals surface area (Å²) in [6.07, 6.45) is 1.91. The number of hydrogen-bond donors (Lipinski definition) is 1. The van der Waals surface area contributed by atoms with E-state index in [0.29, 0.717) is 25.9 Å². The van der Waals surface area contributed by atoms with Crippen molar-refractivity contribution in [2.24, 2.45) is 0 Å². The third-order valence-electron chi connectivity index (χ3n) is 4.67. The van der Waals surface area contributed by atoms with Crippen LogP contribution in [0.2, 0.25) is 0 Å². The summed E-state index contributed by atoms with van der Waals surface area (Å²) >= 11 is 0. The number of fused-ring (bicyclic) bond motifs is 1. The number of carbonyl (C=O) groups is 2. The summed E-state index contributed by atoms with van der Waals surface area (Å²) in [6, 6.07) is 0.155. The van der Waals surface area contributed by atoms with E-state index in [1.807, 2.05) is 25.7 Å². The van der Waals surface area contributed by atoms with E-state index in [4.69, 9.17) is 9.47 Å². The van der Waals surface area contributed by atoms with E-state index < -0.39 is 0 Å². The molecule has 24 heavy (non-hydrogen) atoms. The molecule has 0 bridgehead atoms. The molecule has 0 spiro atoms. The van der Waals surface area contributed by atoms with Crippen LogP contribution in [0.1, 0.15) is 40.0 Å². The van der Waals surface area contributed by atoms with Crippen LogP contribution in [0.3, 0.4) is 0 Å². The minimum Gasteiger partial charge on any atom is -0.463 e. The Labute approximate surface area is 144 Å². The highest BCUT2D eigenvalue weighted by Gasteiger charge is 2.37. The SMILES string of the molecule is CC(C)OC(=O)CC[C@@H](C)NC(=O)N1CC[C@@H]2OCCN(C)[C@@H]2C1. The van der Waals surface area contributed by atoms with Gasteiger partial charge in [0.1, 0.15) is 0 Å². The molecular formula is C17H31N3O4. The van der Waals surface area contributed by atoms with Crippen LogP contribution >= 0.6 is 0 Å². The van der Waals surface area contributed by atoms with E-state index in [9.17, 15) is 9.59 Å². The zero-order chi connectivity index (χ0) is 17.7. The Balaban J connectivity index is 1.74. The fourth-order valence-electron chi connectivity index (χ4n) is 3.26. The minimum atomic E-state index is -0.215. The maximum Gasteiger partial charge on any atom is 0.317 e. The molecule has 2 amide bonds. The number of likely N-dealkylation sites (N-methyl/N-ethyl adjacent to an activating group) is 1. The molecule has 2 heterocycles. The molecule has 3 atom stereocenters. The molecule has 2 rings (SSSR count). The summed E-state index contributed by atoms with van der Waals surface area (Å²) in [5.41, 5.74) is 0. The molecule has 2 aliphatic heterocycles. The van der Waals surface area contributed by atoms with Gasteiger partial charge < -0.3 is 19.7 Å². The Hall–Kier alpha value is -1.34. The Morgan fingerprint density at radius 3 is 2.75 bits per heavy atom. The van der Waals surface area contributed by atoms with E-state index in [2.05, 4.69) is 17.3 Å². The van der Waals surface area contributed by atoms with Gasteiger partial charge in [-0.05, 0) is 40.7 Å². The van der Waals surface area contributed by atoms with Crippen LogP contribution in [0.25, 0.3) is 0 Å². The molecular weight excluding hydrogens is 310 g/mol. The number of morpholine rings is 1. The first-order valence-corrected chi connectivity index (χ1v) is 8.93. The lowest BCUT2D eigenvalue weighted by Gasteiger charge is -2.45. The van der Waals surface area contributed by atoms with Crippen LogP contribution in [-0.4, -0.2) is 79.4 Å². The number of nitrogens with one attached hydrogen (secondary N) is 1. The maximum absolute atomic E-state index is 12.5. The topological polar surface area (TPSA) is 71.1 Å². The lowest BCUT2D eigenvalue weighted by atomic mass is 9.99. The van der Waals surface area contributed by atoms with E-state index in [1.54, 1.807) is 0 Å². The lowest BCUT2D eigenvalue weighted by molar-refractivity contribution is -0.147. The summed E-state index contributed by atoms with van der Waals surface area (Å²) in [7, 11) is 2.09. The molecule has 2 fully saturated rings. The number of nitrogens with zero attached hydrogens (tertiary/aromatic N) is 2. The Morgan fingerprint density at radius 2 is 2.04 bits per heavy atom. The third kappa shape index (κ3) is 5.34. The van der Waals surface area contributed by atoms with Gasteiger partial charge >= 0.3 is 12.0 Å². The number of esters is 1. The first-order valence-electron chi connectivity index (χ1n) is 8.93. The predicted octanol–water partition coefficient (Wildman–Crippen LogP) is 1.22. The minimum absolute atomic E-state index is 0.0582. The van der Waals surface area contributed by atoms with Crippen molar-refractivity contribution < 1.29 is 19.1 Å². The van der Waals surface area contributed by atoms with Crippen molar-refractivity contribution in [2.45, 2.75) is 64.3 Å². The third-order valence-corrected chi connectivity index (χ3v) is 4.67. The number of rotatable bonds is 5. The van der Waals surface area contributed by atoms with Crippen molar-refractivity contribution in [2.75, 3.05) is 33.3 Å². The van der Waals surface area contributed by atoms with Crippen LogP contribution < -0.4 is 5.32 Å². The fourth-order valence-corrected chi connectivity index (χ4v) is 3.26. The maximum atomic E-state index is 12.5. The van der Waals surface area contributed by atoms with Crippen molar-refractivity contribution >= 4 is 12.0 Å². The summed E-state index contributed by atoms with van der Waals surface area (Å²) in [6.45, 7) is 8.66. The number of piperidine rings is 1. The molecule has 7 heteroatoms. The first kappa shape index (κ1) is 19.0. The van der Waals surface area contributed by atoms with Gasteiger partial charge in [0, 0.05) is 32.1 Å². The van der Waals surface area contributed by atoms with Crippen molar-refractivity contribution in [3.63, 3.8) is 0 Å². The van der Waals surface area contributed by atoms with Gasteiger partial charge in [-0.3, -0.25) is 9.69 Å². The fraction of sp³-hybridized carbons (Fsp3) is 0.882. The van der Waals surface area contributed by atoms with Crippen LogP contribution in [0.4, 0.5) is 4.79 Å². The summed E-state index contributed by atoms with van der Waals surface area (Å²) < 4.78 is 10.9. The predicted molar refractivity (Wildman–Crippen MR) is 90.8 cm³/mol. The van der Waals surface area contributed by atoms with Gasteiger partial charge in [-0.2, -0.15) is 0 Å². The number of amides is 2. The van der Waals surface area contributed by atoms with Gasteiger partial charge in [0.05, 0.1) is 24.9 Å². The lowest BCUT2D eigenvalue weighted by Crippen LogP contribution is -2.61. The molecule has 2 saturated heterocycles. The molecule has 138 valence electrons. The van der Waals surface area contributed by atoms with Crippen LogP contribution in [0.15, 0.2) is 0 Å². The van der Waals surface area contributed by atoms with Gasteiger partial charge in [-0.1, -0.05) is 0 Å². The number of hydrogen-bond acceptors (Lipinski definition) is 5. The standard InChI is InChI=1S/C17H31N3O4/c1-12(2)24-16(21)6-5-13(3)18-17(22)20-8-7-15-14(11-20)19(4)9-10-23-15/h12-15H,5-11H2,1-4H3,(H,18,22)/t13-,14-,15+/m1/s1. The first-order chi connectivity index (χ1) is 11.4. The molecule has 0 saturated carbocycles. The van der Waals surface area contributed by atoms with Crippen molar-refractivity contribution in [1.29, 1.82) is 0 Å². The number of ether oxygens (including phenoxy) is 2. The van der Waals surface area contributed by atoms with Crippen LogP contribution in [-0.2, 0) is 14.3 Å². The monoisotopic (exact) mass is 341 g/mol. The number of likely N-dealkylation sites (tertiary alicyclic amines) is 1. The Morgan fingerprint density at radius 1 is 1.29 bits per heavy atom. The quantitative estimate of drug-likeness (QED) is 0.762. The zero-order valence-electron chi connectivity index (χ0n) is 15.3. The average molecular weight is 341 g/mol. The van der Waals surface area contributed by atoms with Crippen LogP contribution in [0.5, 0.6) is 0 Å². The van der Waals surface area contributed by atoms with Crippen molar-refractivity contribution in [1.82, 2.24) is 15.1 Å². The molecule has 0 aliphatic carbocycles. The van der Waals surface area contributed by atoms with E-state index >= 15 is 0 Å². The molecule has 0 aromatic rings. The summed E-state index contributed by atoms with van der Waals surface area (Å²) in [5, 5.41) is 2.99. The number of carbonyl (C=O) groups excluding carboxylic acids is 2. The Bertz CT molecular complexity index is 444. The normalized spacial score (nSPS) is 26.0. The van der Waals surface area contributed by atoms with E-state index in [-0.39, 0.29) is 36.3 Å². The van der Waals surface area contributed by atoms with Crippen LogP contribution in [0, 0.1) is 0 Å². The molecule has 7 nitrogen and oxygen atoms in total. The zero-order valence-corrected chi connectivity index (χ0v) is 15.3. The van der Waals surface area contributed by atoms with Crippen molar-refractivity contribution in [3.05, 3.63) is 0 Å². The summed E-state index contributed by atoms with van der Waals surface area (Å²) in [4.78, 5) is 28.2. The van der Waals surface area contributed by atoms with Crippen molar-refractivity contribution in [3.8, 4) is 0 Å². The van der Waals surface area contributed by atoms with Gasteiger partial charge in [0.15, 0.2) is 0 Å². The molecule has 0 radical (unpaired) electrons. The molecule has 0 unspecified atom stereocenters. The Kier molecular flexibility index (Phi) is 6.86. The molecule has 1 N–H and O–H groups in total. The van der Waals surface area contributed by atoms with E-state index in [0.717, 1.165) is 19.6 Å². The molecule has 2 aliphatic rings. The highest BCUT2D eigenvalue weighted by atomic mass is 16.5. The van der Waals surface area contributed by atoms with Gasteiger partial charge in [-0.15, -0.1) is 0 Å². The average Bonchev–Trinajstić information content (AvgIpc) is 2.52. The van der Waals surface area contributed by atoms with E-state index in [1.165, 1.54) is 0 Å². The second-order valence-electron chi connectivity index (χ2n) is 7.12. The van der Waals surface area contributed by atoms with Gasteiger partial charge in [-0.25, -0.2) is 4.79 Å². The summed E-state index contributed by atoms with van der Waals surface area (Å²) in [5.74, 6) is -0.215. The van der Waals surface area contributed by atoms with Gasteiger partial charge in [0.2, 0.25) is 0 Å². The second kappa shape index (κ2) is 8.67. The smallest absolute Gasteiger partial charge is 0.317 e. The molecule has 0 aromatic carbocycles. The second-order valence-corrected chi connectivity index (χ2v) is 7.12. The highest BCUT2D eigenvalue weighted by molar-refractivity contribution is 5.75. The highest BCUT2D eigenvalue weighted by Crippen LogP contribution is 2.22. The molecule has 0 aromatic heterocycles.